The van der Waals surface area contributed by atoms with Crippen LogP contribution in [0.2, 0.25) is 0 Å². The van der Waals surface area contributed by atoms with Gasteiger partial charge in [-0.1, -0.05) is 6.07 Å². The Bertz CT molecular complexity index is 534. The molecule has 1 aromatic heterocycles. The van der Waals surface area contributed by atoms with Crippen LogP contribution in [-0.2, 0) is 6.54 Å². The lowest BCUT2D eigenvalue weighted by atomic mass is 10.2. The summed E-state index contributed by atoms with van der Waals surface area (Å²) in [6.45, 7) is 5.39. The van der Waals surface area contributed by atoms with E-state index in [1.165, 1.54) is 5.56 Å². The highest BCUT2D eigenvalue weighted by molar-refractivity contribution is 9.10. The fourth-order valence-electron chi connectivity index (χ4n) is 2.29. The van der Waals surface area contributed by atoms with E-state index in [-0.39, 0.29) is 0 Å². The van der Waals surface area contributed by atoms with Gasteiger partial charge in [-0.15, -0.1) is 0 Å². The van der Waals surface area contributed by atoms with Gasteiger partial charge >= 0.3 is 0 Å². The molecule has 1 N–H and O–H groups in total. The highest BCUT2D eigenvalue weighted by Crippen LogP contribution is 2.22. The molecule has 0 radical (unpaired) electrons. The Balaban J connectivity index is 1.75. The van der Waals surface area contributed by atoms with Crippen LogP contribution < -0.4 is 5.32 Å². The van der Waals surface area contributed by atoms with E-state index in [4.69, 9.17) is 0 Å². The Labute approximate surface area is 120 Å². The van der Waals surface area contributed by atoms with Gasteiger partial charge in [-0.3, -0.25) is 4.90 Å². The molecule has 0 saturated carbocycles. The van der Waals surface area contributed by atoms with Crippen molar-refractivity contribution in [2.24, 2.45) is 0 Å². The Morgan fingerprint density at radius 1 is 1.26 bits per heavy atom. The number of nitrogens with one attached hydrogen (secondary N) is 1. The van der Waals surface area contributed by atoms with Crippen LogP contribution in [0.4, 0.5) is 0 Å². The predicted molar refractivity (Wildman–Crippen MR) is 77.2 cm³/mol. The van der Waals surface area contributed by atoms with Gasteiger partial charge in [-0.2, -0.15) is 5.10 Å². The zero-order valence-electron chi connectivity index (χ0n) is 10.6. The van der Waals surface area contributed by atoms with Gasteiger partial charge in [0.15, 0.2) is 0 Å². The van der Waals surface area contributed by atoms with Gasteiger partial charge in [0.1, 0.15) is 12.7 Å². The van der Waals surface area contributed by atoms with Crippen molar-refractivity contribution < 1.29 is 0 Å². The van der Waals surface area contributed by atoms with Crippen molar-refractivity contribution in [3.05, 3.63) is 40.9 Å². The van der Waals surface area contributed by atoms with E-state index in [1.54, 1.807) is 17.3 Å². The van der Waals surface area contributed by atoms with Crippen molar-refractivity contribution in [3.8, 4) is 5.69 Å². The second kappa shape index (κ2) is 5.81. The molecule has 1 saturated heterocycles. The molecule has 0 unspecified atom stereocenters. The van der Waals surface area contributed by atoms with Gasteiger partial charge < -0.3 is 5.32 Å². The second-order valence-corrected chi connectivity index (χ2v) is 5.51. The lowest BCUT2D eigenvalue weighted by molar-refractivity contribution is 0.233. The number of halogens is 1. The summed E-state index contributed by atoms with van der Waals surface area (Å²) < 4.78 is 2.81. The Morgan fingerprint density at radius 3 is 2.79 bits per heavy atom. The molecule has 6 heteroatoms. The van der Waals surface area contributed by atoms with Crippen LogP contribution in [0.15, 0.2) is 35.3 Å². The van der Waals surface area contributed by atoms with E-state index in [1.807, 2.05) is 0 Å². The molecular weight excluding hydrogens is 306 g/mol. The molecule has 3 rings (SSSR count). The molecule has 1 aromatic carbocycles. The van der Waals surface area contributed by atoms with Gasteiger partial charge in [0.2, 0.25) is 0 Å². The van der Waals surface area contributed by atoms with E-state index in [9.17, 15) is 0 Å². The molecule has 0 bridgehead atoms. The standard InChI is InChI=1S/C13H16BrN5/c14-12-7-11(8-18-5-3-15-4-6-18)1-2-13(12)19-10-16-9-17-19/h1-2,7,9-10,15H,3-6,8H2. The fourth-order valence-corrected chi connectivity index (χ4v) is 2.90. The summed E-state index contributed by atoms with van der Waals surface area (Å²) >= 11 is 3.61. The first kappa shape index (κ1) is 12.8. The molecule has 100 valence electrons. The number of aromatic nitrogens is 3. The third kappa shape index (κ3) is 3.02. The summed E-state index contributed by atoms with van der Waals surface area (Å²) in [5, 5.41) is 7.52. The summed E-state index contributed by atoms with van der Waals surface area (Å²) in [6.07, 6.45) is 3.25. The zero-order valence-corrected chi connectivity index (χ0v) is 12.2. The molecule has 0 aliphatic carbocycles. The topological polar surface area (TPSA) is 46.0 Å². The quantitative estimate of drug-likeness (QED) is 0.929. The Kier molecular flexibility index (Phi) is 3.91. The van der Waals surface area contributed by atoms with Crippen molar-refractivity contribution >= 4 is 15.9 Å². The SMILES string of the molecule is Brc1cc(CN2CCNCC2)ccc1-n1cncn1. The first-order chi connectivity index (χ1) is 9.33. The van der Waals surface area contributed by atoms with E-state index < -0.39 is 0 Å². The van der Waals surface area contributed by atoms with Crippen LogP contribution in [0.5, 0.6) is 0 Å². The molecule has 19 heavy (non-hydrogen) atoms. The summed E-state index contributed by atoms with van der Waals surface area (Å²) in [5.41, 5.74) is 2.33. The summed E-state index contributed by atoms with van der Waals surface area (Å²) in [5.74, 6) is 0. The smallest absolute Gasteiger partial charge is 0.138 e. The van der Waals surface area contributed by atoms with Crippen LogP contribution in [0, 0.1) is 0 Å². The molecule has 0 spiro atoms. The van der Waals surface area contributed by atoms with Crippen molar-refractivity contribution in [2.45, 2.75) is 6.54 Å². The highest BCUT2D eigenvalue weighted by atomic mass is 79.9. The first-order valence-corrected chi connectivity index (χ1v) is 7.19. The average molecular weight is 322 g/mol. The van der Waals surface area contributed by atoms with E-state index in [2.05, 4.69) is 54.4 Å². The lowest BCUT2D eigenvalue weighted by Gasteiger charge is -2.27. The molecule has 1 fully saturated rings. The number of nitrogens with zero attached hydrogens (tertiary/aromatic N) is 4. The molecule has 1 aliphatic heterocycles. The monoisotopic (exact) mass is 321 g/mol. The van der Waals surface area contributed by atoms with Gasteiger partial charge in [-0.05, 0) is 33.6 Å². The van der Waals surface area contributed by atoms with E-state index in [0.717, 1.165) is 42.9 Å². The minimum absolute atomic E-state index is 0.998. The van der Waals surface area contributed by atoms with Crippen LogP contribution >= 0.6 is 15.9 Å². The van der Waals surface area contributed by atoms with Gasteiger partial charge in [-0.25, -0.2) is 9.67 Å². The lowest BCUT2D eigenvalue weighted by Crippen LogP contribution is -2.42. The normalized spacial score (nSPS) is 16.7. The third-order valence-electron chi connectivity index (χ3n) is 3.29. The average Bonchev–Trinajstić information content (AvgIpc) is 2.94. The van der Waals surface area contributed by atoms with Crippen LogP contribution in [0.25, 0.3) is 5.69 Å². The summed E-state index contributed by atoms with van der Waals surface area (Å²) in [7, 11) is 0. The maximum absolute atomic E-state index is 4.15. The Hall–Kier alpha value is -1.24. The molecule has 2 heterocycles. The predicted octanol–water partition coefficient (Wildman–Crippen LogP) is 1.43. The van der Waals surface area contributed by atoms with Crippen molar-refractivity contribution in [2.75, 3.05) is 26.2 Å². The maximum Gasteiger partial charge on any atom is 0.138 e. The molecule has 5 nitrogen and oxygen atoms in total. The van der Waals surface area contributed by atoms with Crippen LogP contribution in [0.1, 0.15) is 5.56 Å². The number of piperazine rings is 1. The molecule has 1 aliphatic rings. The number of rotatable bonds is 3. The summed E-state index contributed by atoms with van der Waals surface area (Å²) in [6, 6.07) is 6.40. The van der Waals surface area contributed by atoms with Gasteiger partial charge in [0.25, 0.3) is 0 Å². The largest absolute Gasteiger partial charge is 0.314 e. The first-order valence-electron chi connectivity index (χ1n) is 6.39. The van der Waals surface area contributed by atoms with E-state index in [0.29, 0.717) is 0 Å². The van der Waals surface area contributed by atoms with Crippen molar-refractivity contribution in [1.29, 1.82) is 0 Å². The minimum Gasteiger partial charge on any atom is -0.314 e. The molecule has 0 atom stereocenters. The van der Waals surface area contributed by atoms with E-state index >= 15 is 0 Å². The van der Waals surface area contributed by atoms with Crippen molar-refractivity contribution in [1.82, 2.24) is 25.0 Å². The molecule has 0 amide bonds. The van der Waals surface area contributed by atoms with Crippen molar-refractivity contribution in [3.63, 3.8) is 0 Å². The number of benzene rings is 1. The van der Waals surface area contributed by atoms with Crippen LogP contribution in [-0.4, -0.2) is 45.8 Å². The fraction of sp³-hybridized carbons (Fsp3) is 0.385. The highest BCUT2D eigenvalue weighted by Gasteiger charge is 2.11. The number of hydrogen-bond donors (Lipinski definition) is 1. The van der Waals surface area contributed by atoms with Gasteiger partial charge in [0, 0.05) is 37.2 Å². The van der Waals surface area contributed by atoms with Gasteiger partial charge in [0.05, 0.1) is 5.69 Å². The second-order valence-electron chi connectivity index (χ2n) is 4.65. The number of hydrogen-bond acceptors (Lipinski definition) is 4. The van der Waals surface area contributed by atoms with Crippen LogP contribution in [0.3, 0.4) is 0 Å². The maximum atomic E-state index is 4.15. The Morgan fingerprint density at radius 2 is 2.11 bits per heavy atom. The zero-order chi connectivity index (χ0) is 13.1. The molecule has 2 aromatic rings. The third-order valence-corrected chi connectivity index (χ3v) is 3.93. The molecular formula is C13H16BrN5. The summed E-state index contributed by atoms with van der Waals surface area (Å²) in [4.78, 5) is 6.44. The minimum atomic E-state index is 0.998.